The van der Waals surface area contributed by atoms with Crippen LogP contribution in [0.15, 0.2) is 18.2 Å². The van der Waals surface area contributed by atoms with Crippen molar-refractivity contribution in [1.82, 2.24) is 15.2 Å². The molecule has 4 nitrogen and oxygen atoms in total. The van der Waals surface area contributed by atoms with Gasteiger partial charge in [-0.3, -0.25) is 16.0 Å². The fraction of sp³-hybridized carbons (Fsp3) is 0.438. The normalized spacial score (nSPS) is 12.7. The van der Waals surface area contributed by atoms with Gasteiger partial charge in [0.15, 0.2) is 0 Å². The van der Waals surface area contributed by atoms with Gasteiger partial charge >= 0.3 is 0 Å². The van der Waals surface area contributed by atoms with Crippen molar-refractivity contribution in [2.24, 2.45) is 12.9 Å². The quantitative estimate of drug-likeness (QED) is 0.664. The summed E-state index contributed by atoms with van der Waals surface area (Å²) in [7, 11) is 1.97. The summed E-state index contributed by atoms with van der Waals surface area (Å²) in [6, 6.07) is 6.67. The Morgan fingerprint density at radius 3 is 2.40 bits per heavy atom. The summed E-state index contributed by atoms with van der Waals surface area (Å²) in [5, 5.41) is 4.47. The molecular formula is C16H24N4. The maximum Gasteiger partial charge on any atom is 0.0644 e. The van der Waals surface area contributed by atoms with E-state index < -0.39 is 0 Å². The number of nitrogens with one attached hydrogen (secondary N) is 1. The monoisotopic (exact) mass is 272 g/mol. The van der Waals surface area contributed by atoms with E-state index in [1.807, 2.05) is 18.7 Å². The minimum atomic E-state index is 0.0887. The molecule has 108 valence electrons. The first-order valence-corrected chi connectivity index (χ1v) is 6.96. The molecular weight excluding hydrogens is 248 g/mol. The van der Waals surface area contributed by atoms with Crippen LogP contribution in [-0.2, 0) is 13.5 Å². The maximum atomic E-state index is 5.78. The molecule has 0 aliphatic carbocycles. The van der Waals surface area contributed by atoms with E-state index in [1.54, 1.807) is 0 Å². The molecule has 0 saturated carbocycles. The molecule has 2 rings (SSSR count). The lowest BCUT2D eigenvalue weighted by Crippen LogP contribution is -2.30. The number of aromatic nitrogens is 2. The third kappa shape index (κ3) is 2.76. The van der Waals surface area contributed by atoms with Gasteiger partial charge in [0.25, 0.3) is 0 Å². The lowest BCUT2D eigenvalue weighted by molar-refractivity contribution is 0.545. The molecule has 0 amide bonds. The molecule has 1 unspecified atom stereocenters. The summed E-state index contributed by atoms with van der Waals surface area (Å²) < 4.78 is 1.91. The van der Waals surface area contributed by atoms with Crippen molar-refractivity contribution in [1.29, 1.82) is 0 Å². The van der Waals surface area contributed by atoms with Crippen LogP contribution in [0.5, 0.6) is 0 Å². The minimum absolute atomic E-state index is 0.0887. The Labute approximate surface area is 121 Å². The van der Waals surface area contributed by atoms with Crippen LogP contribution in [0.3, 0.4) is 0 Å². The molecule has 20 heavy (non-hydrogen) atoms. The van der Waals surface area contributed by atoms with Crippen LogP contribution < -0.4 is 11.3 Å². The summed E-state index contributed by atoms with van der Waals surface area (Å²) in [5.74, 6) is 5.78. The lowest BCUT2D eigenvalue weighted by Gasteiger charge is -2.17. The number of hydrogen-bond donors (Lipinski definition) is 2. The van der Waals surface area contributed by atoms with E-state index in [0.717, 1.165) is 17.8 Å². The summed E-state index contributed by atoms with van der Waals surface area (Å²) in [6.45, 7) is 8.39. The van der Waals surface area contributed by atoms with Crippen molar-refractivity contribution < 1.29 is 0 Å². The van der Waals surface area contributed by atoms with Crippen LogP contribution in [0.4, 0.5) is 0 Å². The maximum absolute atomic E-state index is 5.78. The highest BCUT2D eigenvalue weighted by Crippen LogP contribution is 2.24. The smallest absolute Gasteiger partial charge is 0.0644 e. The fourth-order valence-electron chi connectivity index (χ4n) is 2.70. The van der Waals surface area contributed by atoms with Gasteiger partial charge in [0, 0.05) is 18.3 Å². The number of hydrazine groups is 1. The molecule has 0 saturated heterocycles. The van der Waals surface area contributed by atoms with Crippen molar-refractivity contribution in [3.8, 4) is 0 Å². The van der Waals surface area contributed by atoms with Crippen LogP contribution in [-0.4, -0.2) is 9.78 Å². The highest BCUT2D eigenvalue weighted by molar-refractivity contribution is 5.33. The molecule has 0 bridgehead atoms. The Bertz CT molecular complexity index is 613. The first-order chi connectivity index (χ1) is 9.43. The SMILES string of the molecule is Cc1ccc(CC(NN)c2c(C)nn(C)c2C)cc1C. The van der Waals surface area contributed by atoms with E-state index in [2.05, 4.69) is 49.5 Å². The largest absolute Gasteiger partial charge is 0.272 e. The molecule has 1 aromatic carbocycles. The second kappa shape index (κ2) is 5.77. The van der Waals surface area contributed by atoms with Crippen molar-refractivity contribution in [3.05, 3.63) is 51.8 Å². The molecule has 0 fully saturated rings. The number of rotatable bonds is 4. The number of aryl methyl sites for hydroxylation is 4. The highest BCUT2D eigenvalue weighted by Gasteiger charge is 2.19. The first kappa shape index (κ1) is 14.8. The van der Waals surface area contributed by atoms with Gasteiger partial charge in [-0.25, -0.2) is 0 Å². The van der Waals surface area contributed by atoms with Crippen LogP contribution in [0, 0.1) is 27.7 Å². The van der Waals surface area contributed by atoms with Crippen LogP contribution in [0.2, 0.25) is 0 Å². The van der Waals surface area contributed by atoms with Gasteiger partial charge in [-0.05, 0) is 50.8 Å². The van der Waals surface area contributed by atoms with Gasteiger partial charge in [-0.1, -0.05) is 18.2 Å². The third-order valence-electron chi connectivity index (χ3n) is 4.13. The zero-order chi connectivity index (χ0) is 14.9. The minimum Gasteiger partial charge on any atom is -0.272 e. The lowest BCUT2D eigenvalue weighted by atomic mass is 9.96. The van der Waals surface area contributed by atoms with E-state index in [1.165, 1.54) is 22.3 Å². The molecule has 0 radical (unpaired) electrons. The molecule has 1 aromatic heterocycles. The molecule has 3 N–H and O–H groups in total. The molecule has 0 aliphatic heterocycles. The van der Waals surface area contributed by atoms with Gasteiger partial charge in [-0.2, -0.15) is 5.10 Å². The van der Waals surface area contributed by atoms with Crippen molar-refractivity contribution in [3.63, 3.8) is 0 Å². The van der Waals surface area contributed by atoms with Crippen molar-refractivity contribution >= 4 is 0 Å². The zero-order valence-electron chi connectivity index (χ0n) is 13.0. The van der Waals surface area contributed by atoms with E-state index in [0.29, 0.717) is 0 Å². The Morgan fingerprint density at radius 1 is 1.20 bits per heavy atom. The number of nitrogens with two attached hydrogens (primary N) is 1. The Balaban J connectivity index is 2.31. The van der Waals surface area contributed by atoms with Gasteiger partial charge in [0.1, 0.15) is 0 Å². The first-order valence-electron chi connectivity index (χ1n) is 6.96. The Hall–Kier alpha value is -1.65. The average Bonchev–Trinajstić information content (AvgIpc) is 2.65. The van der Waals surface area contributed by atoms with Crippen molar-refractivity contribution in [2.45, 2.75) is 40.2 Å². The predicted octanol–water partition coefficient (Wildman–Crippen LogP) is 2.40. The molecule has 1 atom stereocenters. The zero-order valence-corrected chi connectivity index (χ0v) is 13.0. The number of hydrogen-bond acceptors (Lipinski definition) is 3. The van der Waals surface area contributed by atoms with E-state index >= 15 is 0 Å². The number of nitrogens with zero attached hydrogens (tertiary/aromatic N) is 2. The van der Waals surface area contributed by atoms with Gasteiger partial charge in [0.2, 0.25) is 0 Å². The summed E-state index contributed by atoms with van der Waals surface area (Å²) in [5.41, 5.74) is 10.3. The van der Waals surface area contributed by atoms with Gasteiger partial charge in [0.05, 0.1) is 11.7 Å². The molecule has 0 spiro atoms. The third-order valence-corrected chi connectivity index (χ3v) is 4.13. The standard InChI is InChI=1S/C16H24N4/c1-10-6-7-14(8-11(10)2)9-15(18-17)16-12(3)19-20(5)13(16)4/h6-8,15,18H,9,17H2,1-5H3. The van der Waals surface area contributed by atoms with E-state index in [4.69, 9.17) is 5.84 Å². The fourth-order valence-corrected chi connectivity index (χ4v) is 2.70. The number of benzene rings is 1. The van der Waals surface area contributed by atoms with E-state index in [9.17, 15) is 0 Å². The topological polar surface area (TPSA) is 55.9 Å². The van der Waals surface area contributed by atoms with Gasteiger partial charge < -0.3 is 0 Å². The molecule has 1 heterocycles. The Morgan fingerprint density at radius 2 is 1.90 bits per heavy atom. The molecule has 0 aliphatic rings. The van der Waals surface area contributed by atoms with E-state index in [-0.39, 0.29) is 6.04 Å². The Kier molecular flexibility index (Phi) is 4.26. The summed E-state index contributed by atoms with van der Waals surface area (Å²) in [4.78, 5) is 0. The summed E-state index contributed by atoms with van der Waals surface area (Å²) >= 11 is 0. The molecule has 2 aromatic rings. The molecule has 4 heteroatoms. The van der Waals surface area contributed by atoms with Crippen LogP contribution in [0.1, 0.15) is 39.7 Å². The van der Waals surface area contributed by atoms with Crippen LogP contribution in [0.25, 0.3) is 0 Å². The van der Waals surface area contributed by atoms with Crippen molar-refractivity contribution in [2.75, 3.05) is 0 Å². The summed E-state index contributed by atoms with van der Waals surface area (Å²) in [6.07, 6.45) is 0.866. The highest BCUT2D eigenvalue weighted by atomic mass is 15.3. The predicted molar refractivity (Wildman–Crippen MR) is 82.4 cm³/mol. The van der Waals surface area contributed by atoms with Crippen LogP contribution >= 0.6 is 0 Å². The van der Waals surface area contributed by atoms with Gasteiger partial charge in [-0.15, -0.1) is 0 Å². The average molecular weight is 272 g/mol. The second-order valence-corrected chi connectivity index (χ2v) is 5.55. The second-order valence-electron chi connectivity index (χ2n) is 5.55.